The van der Waals surface area contributed by atoms with Gasteiger partial charge in [0.2, 0.25) is 3.83 Å². The van der Waals surface area contributed by atoms with Crippen molar-refractivity contribution in [2.45, 2.75) is 0 Å². The zero-order valence-corrected chi connectivity index (χ0v) is 6.12. The standard InChI is InChI=1S/C2HIN2OS/c3-1-4-2(7)6-5-1/h(H,4,5,7). The van der Waals surface area contributed by atoms with E-state index in [0.29, 0.717) is 8.67 Å². The minimum Gasteiger partial charge on any atom is -0.323 e. The first-order valence-electron chi connectivity index (χ1n) is 1.50. The van der Waals surface area contributed by atoms with Crippen LogP contribution < -0.4 is 0 Å². The SMILES string of the molecule is S=c1[nH]c(I)no1. The van der Waals surface area contributed by atoms with Crippen molar-refractivity contribution in [1.29, 1.82) is 0 Å². The van der Waals surface area contributed by atoms with Crippen LogP contribution in [0.15, 0.2) is 4.52 Å². The average molecular weight is 228 g/mol. The Bertz CT molecular complexity index is 203. The van der Waals surface area contributed by atoms with Gasteiger partial charge in [-0.25, -0.2) is 0 Å². The van der Waals surface area contributed by atoms with Gasteiger partial charge in [0.25, 0.3) is 4.84 Å². The molecule has 0 bridgehead atoms. The molecule has 0 fully saturated rings. The number of nitrogens with zero attached hydrogens (tertiary/aromatic N) is 1. The van der Waals surface area contributed by atoms with E-state index in [-0.39, 0.29) is 0 Å². The molecular formula is C2HIN2OS. The van der Waals surface area contributed by atoms with Crippen molar-refractivity contribution >= 4 is 34.8 Å². The highest BCUT2D eigenvalue weighted by Gasteiger charge is 1.85. The van der Waals surface area contributed by atoms with Crippen LogP contribution >= 0.6 is 34.8 Å². The lowest BCUT2D eigenvalue weighted by Crippen LogP contribution is -1.65. The average Bonchev–Trinajstić information content (AvgIpc) is 1.87. The topological polar surface area (TPSA) is 41.8 Å². The highest BCUT2D eigenvalue weighted by atomic mass is 127. The predicted molar refractivity (Wildman–Crippen MR) is 34.4 cm³/mol. The summed E-state index contributed by atoms with van der Waals surface area (Å²) in [6.45, 7) is 0. The van der Waals surface area contributed by atoms with E-state index in [1.807, 2.05) is 22.6 Å². The van der Waals surface area contributed by atoms with E-state index in [1.165, 1.54) is 0 Å². The molecule has 0 aliphatic carbocycles. The molecule has 0 aromatic carbocycles. The number of rotatable bonds is 0. The van der Waals surface area contributed by atoms with Crippen LogP contribution in [-0.4, -0.2) is 10.1 Å². The van der Waals surface area contributed by atoms with Crippen molar-refractivity contribution in [3.05, 3.63) is 8.67 Å². The number of hydrogen-bond donors (Lipinski definition) is 1. The molecule has 0 amide bonds. The summed E-state index contributed by atoms with van der Waals surface area (Å²) in [6, 6.07) is 0. The Hall–Kier alpha value is 0.0900. The molecule has 0 aliphatic heterocycles. The van der Waals surface area contributed by atoms with Gasteiger partial charge in [-0.1, -0.05) is 5.16 Å². The van der Waals surface area contributed by atoms with E-state index in [1.54, 1.807) is 0 Å². The van der Waals surface area contributed by atoms with Crippen LogP contribution in [-0.2, 0) is 0 Å². The smallest absolute Gasteiger partial charge is 0.295 e. The van der Waals surface area contributed by atoms with Gasteiger partial charge in [0, 0.05) is 22.6 Å². The van der Waals surface area contributed by atoms with Crippen molar-refractivity contribution in [3.63, 3.8) is 0 Å². The first kappa shape index (κ1) is 5.23. The zero-order chi connectivity index (χ0) is 5.28. The van der Waals surface area contributed by atoms with Gasteiger partial charge in [0.15, 0.2) is 0 Å². The lowest BCUT2D eigenvalue weighted by atomic mass is 11.3. The van der Waals surface area contributed by atoms with E-state index in [0.717, 1.165) is 0 Å². The summed E-state index contributed by atoms with van der Waals surface area (Å²) < 4.78 is 5.15. The van der Waals surface area contributed by atoms with Crippen LogP contribution in [0.3, 0.4) is 0 Å². The Kier molecular flexibility index (Phi) is 1.43. The summed E-state index contributed by atoms with van der Waals surface area (Å²) in [7, 11) is 0. The van der Waals surface area contributed by atoms with Gasteiger partial charge in [-0.05, 0) is 12.2 Å². The van der Waals surface area contributed by atoms with Crippen molar-refractivity contribution in [2.24, 2.45) is 0 Å². The minimum atomic E-state index is 0.324. The largest absolute Gasteiger partial charge is 0.323 e. The third-order valence-corrected chi connectivity index (χ3v) is 1.06. The molecule has 3 nitrogen and oxygen atoms in total. The molecule has 0 unspecified atom stereocenters. The maximum atomic E-state index is 4.54. The number of aromatic amines is 1. The molecule has 0 aliphatic rings. The summed E-state index contributed by atoms with van der Waals surface area (Å²) in [6.07, 6.45) is 0. The normalized spacial score (nSPS) is 9.29. The van der Waals surface area contributed by atoms with Crippen molar-refractivity contribution in [2.75, 3.05) is 0 Å². The molecular weight excluding hydrogens is 227 g/mol. The maximum absolute atomic E-state index is 4.54. The van der Waals surface area contributed by atoms with E-state index < -0.39 is 0 Å². The fourth-order valence-corrected chi connectivity index (χ4v) is 0.872. The van der Waals surface area contributed by atoms with E-state index in [9.17, 15) is 0 Å². The van der Waals surface area contributed by atoms with Crippen molar-refractivity contribution < 1.29 is 4.52 Å². The van der Waals surface area contributed by atoms with E-state index in [4.69, 9.17) is 0 Å². The lowest BCUT2D eigenvalue weighted by Gasteiger charge is -1.60. The number of halogens is 1. The third kappa shape index (κ3) is 1.23. The number of aromatic nitrogens is 2. The highest BCUT2D eigenvalue weighted by molar-refractivity contribution is 14.1. The molecule has 0 radical (unpaired) electrons. The second kappa shape index (κ2) is 1.91. The molecule has 1 aromatic rings. The van der Waals surface area contributed by atoms with Gasteiger partial charge >= 0.3 is 0 Å². The fourth-order valence-electron chi connectivity index (χ4n) is 0.211. The molecule has 1 N–H and O–H groups in total. The molecule has 1 aromatic heterocycles. The molecule has 5 heteroatoms. The van der Waals surface area contributed by atoms with Crippen LogP contribution in [0.25, 0.3) is 0 Å². The molecule has 1 heterocycles. The summed E-state index contributed by atoms with van der Waals surface area (Å²) in [5.74, 6) is 0. The van der Waals surface area contributed by atoms with Crippen LogP contribution in [0.4, 0.5) is 0 Å². The van der Waals surface area contributed by atoms with Gasteiger partial charge in [0.05, 0.1) is 0 Å². The van der Waals surface area contributed by atoms with Gasteiger partial charge in [-0.15, -0.1) is 0 Å². The van der Waals surface area contributed by atoms with Gasteiger partial charge in [-0.2, -0.15) is 0 Å². The molecule has 0 saturated carbocycles. The third-order valence-electron chi connectivity index (χ3n) is 0.414. The van der Waals surface area contributed by atoms with Crippen molar-refractivity contribution in [3.8, 4) is 0 Å². The van der Waals surface area contributed by atoms with Crippen LogP contribution in [0.2, 0.25) is 0 Å². The van der Waals surface area contributed by atoms with Crippen LogP contribution in [0.1, 0.15) is 0 Å². The molecule has 1 rings (SSSR count). The van der Waals surface area contributed by atoms with E-state index >= 15 is 0 Å². The molecule has 38 valence electrons. The summed E-state index contributed by atoms with van der Waals surface area (Å²) in [5.41, 5.74) is 0. The van der Waals surface area contributed by atoms with Gasteiger partial charge in [0.1, 0.15) is 0 Å². The molecule has 0 spiro atoms. The molecule has 0 saturated heterocycles. The first-order valence-corrected chi connectivity index (χ1v) is 2.99. The number of H-pyrrole nitrogens is 1. The Morgan fingerprint density at radius 1 is 1.86 bits per heavy atom. The minimum absolute atomic E-state index is 0.324. The summed E-state index contributed by atoms with van der Waals surface area (Å²) in [4.78, 5) is 2.99. The second-order valence-corrected chi connectivity index (χ2v) is 2.28. The summed E-state index contributed by atoms with van der Waals surface area (Å²) in [5, 5.41) is 3.47. The number of nitrogens with one attached hydrogen (secondary N) is 1. The van der Waals surface area contributed by atoms with Gasteiger partial charge in [-0.3, -0.25) is 4.98 Å². The Morgan fingerprint density at radius 3 is 2.71 bits per heavy atom. The first-order chi connectivity index (χ1) is 3.29. The Morgan fingerprint density at radius 2 is 2.57 bits per heavy atom. The molecule has 0 atom stereocenters. The monoisotopic (exact) mass is 228 g/mol. The summed E-state index contributed by atoms with van der Waals surface area (Å²) >= 11 is 6.52. The van der Waals surface area contributed by atoms with Crippen molar-refractivity contribution in [1.82, 2.24) is 10.1 Å². The number of hydrogen-bond acceptors (Lipinski definition) is 3. The highest BCUT2D eigenvalue weighted by Crippen LogP contribution is 1.93. The van der Waals surface area contributed by atoms with Crippen LogP contribution in [0, 0.1) is 8.67 Å². The predicted octanol–water partition coefficient (Wildman–Crippen LogP) is 1.34. The molecule has 7 heavy (non-hydrogen) atoms. The Balaban J connectivity index is 3.30. The maximum Gasteiger partial charge on any atom is 0.295 e. The van der Waals surface area contributed by atoms with E-state index in [2.05, 4.69) is 26.9 Å². The zero-order valence-electron chi connectivity index (χ0n) is 3.14. The second-order valence-electron chi connectivity index (χ2n) is 0.886. The quantitative estimate of drug-likeness (QED) is 0.538. The Labute approximate surface area is 58.2 Å². The fraction of sp³-hybridized carbons (Fsp3) is 0. The van der Waals surface area contributed by atoms with Crippen LogP contribution in [0.5, 0.6) is 0 Å². The lowest BCUT2D eigenvalue weighted by molar-refractivity contribution is 0.401. The van der Waals surface area contributed by atoms with Gasteiger partial charge < -0.3 is 4.52 Å².